The van der Waals surface area contributed by atoms with Crippen molar-refractivity contribution in [2.24, 2.45) is 0 Å². The first-order valence-corrected chi connectivity index (χ1v) is 6.38. The van der Waals surface area contributed by atoms with Gasteiger partial charge in [-0.1, -0.05) is 36.4 Å². The highest BCUT2D eigenvalue weighted by atomic mass is 32.2. The third kappa shape index (κ3) is 1.86. The Labute approximate surface area is 95.5 Å². The van der Waals surface area contributed by atoms with Crippen molar-refractivity contribution >= 4 is 9.84 Å². The molecule has 3 heteroatoms. The molecule has 0 spiro atoms. The van der Waals surface area contributed by atoms with Crippen molar-refractivity contribution in [1.82, 2.24) is 0 Å². The molecule has 2 aromatic carbocycles. The molecule has 0 aliphatic heterocycles. The molecular formula is C13H11O2S. The van der Waals surface area contributed by atoms with Gasteiger partial charge in [0.05, 0.1) is 9.79 Å². The largest absolute Gasteiger partial charge is 0.218 e. The molecule has 2 nitrogen and oxygen atoms in total. The van der Waals surface area contributed by atoms with Gasteiger partial charge in [0.2, 0.25) is 9.84 Å². The van der Waals surface area contributed by atoms with E-state index in [0.717, 1.165) is 5.56 Å². The number of aryl methyl sites for hydroxylation is 1. The van der Waals surface area contributed by atoms with Crippen LogP contribution in [0.1, 0.15) is 5.56 Å². The standard InChI is InChI=1S/C13H11O2S/c1-11-7-5-6-10-13(11)16(14,15)12-8-3-2-4-9-12/h2-8,10H,1H3. The van der Waals surface area contributed by atoms with Gasteiger partial charge in [-0.25, -0.2) is 8.42 Å². The molecule has 0 atom stereocenters. The van der Waals surface area contributed by atoms with Gasteiger partial charge in [0.15, 0.2) is 0 Å². The Bertz CT molecular complexity index is 586. The van der Waals surface area contributed by atoms with E-state index in [9.17, 15) is 8.42 Å². The lowest BCUT2D eigenvalue weighted by molar-refractivity contribution is 0.595. The van der Waals surface area contributed by atoms with Crippen LogP contribution in [0.25, 0.3) is 0 Å². The summed E-state index contributed by atoms with van der Waals surface area (Å²) in [5, 5.41) is 0. The summed E-state index contributed by atoms with van der Waals surface area (Å²) < 4.78 is 24.4. The summed E-state index contributed by atoms with van der Waals surface area (Å²) in [6.07, 6.45) is 0. The Kier molecular flexibility index (Phi) is 2.79. The summed E-state index contributed by atoms with van der Waals surface area (Å²) >= 11 is 0. The highest BCUT2D eigenvalue weighted by Gasteiger charge is 2.18. The van der Waals surface area contributed by atoms with E-state index in [2.05, 4.69) is 6.07 Å². The Hall–Kier alpha value is -1.61. The second kappa shape index (κ2) is 4.10. The van der Waals surface area contributed by atoms with E-state index in [4.69, 9.17) is 0 Å². The van der Waals surface area contributed by atoms with Crippen LogP contribution >= 0.6 is 0 Å². The molecule has 2 aromatic rings. The zero-order chi connectivity index (χ0) is 11.6. The van der Waals surface area contributed by atoms with Gasteiger partial charge in [0.1, 0.15) is 0 Å². The first-order valence-electron chi connectivity index (χ1n) is 4.90. The first-order chi connectivity index (χ1) is 7.62. The van der Waals surface area contributed by atoms with Gasteiger partial charge in [-0.2, -0.15) is 0 Å². The van der Waals surface area contributed by atoms with E-state index in [1.54, 1.807) is 49.4 Å². The van der Waals surface area contributed by atoms with E-state index in [0.29, 0.717) is 4.90 Å². The molecule has 2 rings (SSSR count). The van der Waals surface area contributed by atoms with Gasteiger partial charge in [-0.3, -0.25) is 0 Å². The van der Waals surface area contributed by atoms with E-state index in [-0.39, 0.29) is 4.90 Å². The molecule has 16 heavy (non-hydrogen) atoms. The molecule has 0 saturated carbocycles. The first kappa shape index (κ1) is 10.9. The maximum atomic E-state index is 12.2. The fourth-order valence-corrected chi connectivity index (χ4v) is 2.99. The molecule has 1 radical (unpaired) electrons. The molecule has 0 heterocycles. The Morgan fingerprint density at radius 2 is 1.69 bits per heavy atom. The highest BCUT2D eigenvalue weighted by Crippen LogP contribution is 2.22. The van der Waals surface area contributed by atoms with Crippen LogP contribution in [-0.4, -0.2) is 8.42 Å². The molecule has 0 unspecified atom stereocenters. The quantitative estimate of drug-likeness (QED) is 0.796. The lowest BCUT2D eigenvalue weighted by Crippen LogP contribution is -2.03. The maximum Gasteiger partial charge on any atom is 0.207 e. The van der Waals surface area contributed by atoms with Crippen molar-refractivity contribution in [2.75, 3.05) is 0 Å². The van der Waals surface area contributed by atoms with Gasteiger partial charge in [0.25, 0.3) is 0 Å². The summed E-state index contributed by atoms with van der Waals surface area (Å²) in [4.78, 5) is 0.557. The molecular weight excluding hydrogens is 220 g/mol. The lowest BCUT2D eigenvalue weighted by Gasteiger charge is -2.06. The van der Waals surface area contributed by atoms with Gasteiger partial charge >= 0.3 is 0 Å². The van der Waals surface area contributed by atoms with Crippen LogP contribution in [0.2, 0.25) is 0 Å². The number of sulfone groups is 1. The SMILES string of the molecule is Cc1ccccc1S(=O)(=O)c1[c]cccc1. The predicted octanol–water partition coefficient (Wildman–Crippen LogP) is 2.63. The van der Waals surface area contributed by atoms with E-state index in [1.807, 2.05) is 6.07 Å². The van der Waals surface area contributed by atoms with Crippen LogP contribution in [0, 0.1) is 13.0 Å². The van der Waals surface area contributed by atoms with Crippen LogP contribution < -0.4 is 0 Å². The molecule has 0 aliphatic rings. The highest BCUT2D eigenvalue weighted by molar-refractivity contribution is 7.91. The van der Waals surface area contributed by atoms with Crippen molar-refractivity contribution < 1.29 is 8.42 Å². The number of benzene rings is 2. The molecule has 0 bridgehead atoms. The van der Waals surface area contributed by atoms with Crippen LogP contribution in [-0.2, 0) is 9.84 Å². The fourth-order valence-electron chi connectivity index (χ4n) is 1.52. The van der Waals surface area contributed by atoms with Crippen LogP contribution in [0.5, 0.6) is 0 Å². The minimum Gasteiger partial charge on any atom is -0.218 e. The van der Waals surface area contributed by atoms with Gasteiger partial charge in [0, 0.05) is 6.07 Å². The number of rotatable bonds is 2. The summed E-state index contributed by atoms with van der Waals surface area (Å²) in [6, 6.07) is 16.3. The maximum absolute atomic E-state index is 12.2. The minimum atomic E-state index is -3.43. The van der Waals surface area contributed by atoms with E-state index >= 15 is 0 Å². The second-order valence-corrected chi connectivity index (χ2v) is 5.38. The molecule has 0 aromatic heterocycles. The average molecular weight is 231 g/mol. The second-order valence-electron chi connectivity index (χ2n) is 3.50. The minimum absolute atomic E-state index is 0.212. The zero-order valence-corrected chi connectivity index (χ0v) is 9.66. The summed E-state index contributed by atoms with van der Waals surface area (Å²) in [6.45, 7) is 1.79. The smallest absolute Gasteiger partial charge is 0.207 e. The Morgan fingerprint density at radius 3 is 2.31 bits per heavy atom. The Balaban J connectivity index is 2.62. The third-order valence-electron chi connectivity index (χ3n) is 2.35. The molecule has 0 saturated heterocycles. The van der Waals surface area contributed by atoms with E-state index in [1.165, 1.54) is 0 Å². The molecule has 0 aliphatic carbocycles. The number of hydrogen-bond acceptors (Lipinski definition) is 2. The molecule has 0 amide bonds. The van der Waals surface area contributed by atoms with Crippen LogP contribution in [0.4, 0.5) is 0 Å². The van der Waals surface area contributed by atoms with Crippen molar-refractivity contribution in [3.8, 4) is 0 Å². The average Bonchev–Trinajstić information content (AvgIpc) is 2.30. The summed E-state index contributed by atoms with van der Waals surface area (Å²) in [5.41, 5.74) is 0.750. The third-order valence-corrected chi connectivity index (χ3v) is 4.22. The molecule has 0 fully saturated rings. The van der Waals surface area contributed by atoms with Gasteiger partial charge in [-0.15, -0.1) is 0 Å². The normalized spacial score (nSPS) is 11.3. The van der Waals surface area contributed by atoms with Crippen LogP contribution in [0.15, 0.2) is 58.3 Å². The summed E-state index contributed by atoms with van der Waals surface area (Å²) in [7, 11) is -3.43. The fraction of sp³-hybridized carbons (Fsp3) is 0.0769. The Morgan fingerprint density at radius 1 is 1.00 bits per heavy atom. The topological polar surface area (TPSA) is 34.1 Å². The van der Waals surface area contributed by atoms with Crippen molar-refractivity contribution in [3.63, 3.8) is 0 Å². The summed E-state index contributed by atoms with van der Waals surface area (Å²) in [5.74, 6) is 0. The monoisotopic (exact) mass is 231 g/mol. The van der Waals surface area contributed by atoms with Crippen molar-refractivity contribution in [1.29, 1.82) is 0 Å². The van der Waals surface area contributed by atoms with Crippen molar-refractivity contribution in [3.05, 3.63) is 60.2 Å². The lowest BCUT2D eigenvalue weighted by atomic mass is 10.2. The molecule has 0 N–H and O–H groups in total. The van der Waals surface area contributed by atoms with E-state index < -0.39 is 9.84 Å². The van der Waals surface area contributed by atoms with Gasteiger partial charge < -0.3 is 0 Å². The van der Waals surface area contributed by atoms with Gasteiger partial charge in [-0.05, 0) is 24.6 Å². The van der Waals surface area contributed by atoms with Crippen molar-refractivity contribution in [2.45, 2.75) is 16.7 Å². The predicted molar refractivity (Wildman–Crippen MR) is 61.9 cm³/mol. The molecule has 81 valence electrons. The zero-order valence-electron chi connectivity index (χ0n) is 8.84. The number of hydrogen-bond donors (Lipinski definition) is 0. The van der Waals surface area contributed by atoms with Crippen LogP contribution in [0.3, 0.4) is 0 Å².